The largest absolute Gasteiger partial charge is 0.399 e. The molecule has 110 valence electrons. The molecule has 3 aromatic rings. The van der Waals surface area contributed by atoms with Crippen molar-refractivity contribution >= 4 is 5.69 Å². The fraction of sp³-hybridized carbons (Fsp3) is 0.100. The van der Waals surface area contributed by atoms with Crippen LogP contribution in [0.5, 0.6) is 0 Å². The summed E-state index contributed by atoms with van der Waals surface area (Å²) in [6, 6.07) is 29.2. The molecule has 0 saturated carbocycles. The van der Waals surface area contributed by atoms with Crippen LogP contribution in [0.4, 0.5) is 5.69 Å². The number of nitrogen functional groups attached to an aromatic ring is 1. The van der Waals surface area contributed by atoms with Crippen molar-refractivity contribution in [1.82, 2.24) is 5.32 Å². The van der Waals surface area contributed by atoms with E-state index in [1.54, 1.807) is 0 Å². The molecule has 2 heteroatoms. The van der Waals surface area contributed by atoms with Crippen LogP contribution in [-0.4, -0.2) is 0 Å². The molecule has 0 unspecified atom stereocenters. The minimum Gasteiger partial charge on any atom is -0.399 e. The molecule has 0 spiro atoms. The van der Waals surface area contributed by atoms with Crippen LogP contribution in [0.25, 0.3) is 0 Å². The molecular weight excluding hydrogens is 268 g/mol. The van der Waals surface area contributed by atoms with Crippen LogP contribution in [0, 0.1) is 0 Å². The van der Waals surface area contributed by atoms with Gasteiger partial charge in [0.1, 0.15) is 0 Å². The Kier molecular flexibility index (Phi) is 4.52. The fourth-order valence-corrected chi connectivity index (χ4v) is 2.57. The molecule has 0 radical (unpaired) electrons. The van der Waals surface area contributed by atoms with Gasteiger partial charge in [0.15, 0.2) is 0 Å². The van der Waals surface area contributed by atoms with E-state index < -0.39 is 0 Å². The van der Waals surface area contributed by atoms with Crippen molar-refractivity contribution in [3.05, 3.63) is 102 Å². The first-order valence-electron chi connectivity index (χ1n) is 7.50. The molecule has 0 aliphatic carbocycles. The van der Waals surface area contributed by atoms with Gasteiger partial charge in [-0.25, -0.2) is 0 Å². The highest BCUT2D eigenvalue weighted by Gasteiger charge is 2.12. The molecule has 3 N–H and O–H groups in total. The average Bonchev–Trinajstić information content (AvgIpc) is 2.59. The van der Waals surface area contributed by atoms with Crippen molar-refractivity contribution in [3.8, 4) is 0 Å². The number of rotatable bonds is 5. The maximum absolute atomic E-state index is 5.74. The van der Waals surface area contributed by atoms with Gasteiger partial charge < -0.3 is 11.1 Å². The van der Waals surface area contributed by atoms with Crippen molar-refractivity contribution in [1.29, 1.82) is 0 Å². The van der Waals surface area contributed by atoms with Crippen molar-refractivity contribution < 1.29 is 0 Å². The van der Waals surface area contributed by atoms with Gasteiger partial charge in [0.25, 0.3) is 0 Å². The Bertz CT molecular complexity index is 651. The van der Waals surface area contributed by atoms with E-state index in [4.69, 9.17) is 5.73 Å². The summed E-state index contributed by atoms with van der Waals surface area (Å²) < 4.78 is 0. The average molecular weight is 288 g/mol. The van der Waals surface area contributed by atoms with Crippen molar-refractivity contribution in [3.63, 3.8) is 0 Å². The summed E-state index contributed by atoms with van der Waals surface area (Å²) in [5.41, 5.74) is 10.3. The number of hydrogen-bond donors (Lipinski definition) is 2. The number of hydrogen-bond acceptors (Lipinski definition) is 2. The number of nitrogens with one attached hydrogen (secondary N) is 1. The van der Waals surface area contributed by atoms with Crippen LogP contribution in [0.1, 0.15) is 22.7 Å². The smallest absolute Gasteiger partial charge is 0.0579 e. The number of nitrogens with two attached hydrogens (primary N) is 1. The summed E-state index contributed by atoms with van der Waals surface area (Å²) >= 11 is 0. The summed E-state index contributed by atoms with van der Waals surface area (Å²) in [6.07, 6.45) is 0. The first-order chi connectivity index (χ1) is 10.8. The molecule has 0 heterocycles. The molecule has 3 aromatic carbocycles. The summed E-state index contributed by atoms with van der Waals surface area (Å²) in [5, 5.41) is 3.65. The molecule has 0 aliphatic heterocycles. The van der Waals surface area contributed by atoms with Crippen molar-refractivity contribution in [2.24, 2.45) is 0 Å². The number of benzene rings is 3. The second-order valence-corrected chi connectivity index (χ2v) is 5.38. The highest BCUT2D eigenvalue weighted by Crippen LogP contribution is 2.22. The SMILES string of the molecule is Nc1ccc(CNC(c2ccccc2)c2ccccc2)cc1. The molecule has 22 heavy (non-hydrogen) atoms. The predicted molar refractivity (Wildman–Crippen MR) is 92.4 cm³/mol. The lowest BCUT2D eigenvalue weighted by atomic mass is 9.98. The molecule has 0 aromatic heterocycles. The molecule has 2 nitrogen and oxygen atoms in total. The topological polar surface area (TPSA) is 38.0 Å². The third-order valence-corrected chi connectivity index (χ3v) is 3.76. The Morgan fingerprint density at radius 1 is 0.682 bits per heavy atom. The second-order valence-electron chi connectivity index (χ2n) is 5.38. The fourth-order valence-electron chi connectivity index (χ4n) is 2.57. The van der Waals surface area contributed by atoms with Gasteiger partial charge in [-0.2, -0.15) is 0 Å². The highest BCUT2D eigenvalue weighted by atomic mass is 14.9. The Hall–Kier alpha value is -2.58. The Morgan fingerprint density at radius 3 is 1.68 bits per heavy atom. The summed E-state index contributed by atoms with van der Waals surface area (Å²) in [7, 11) is 0. The Balaban J connectivity index is 1.81. The Morgan fingerprint density at radius 2 is 1.18 bits per heavy atom. The quantitative estimate of drug-likeness (QED) is 0.692. The van der Waals surface area contributed by atoms with Crippen LogP contribution >= 0.6 is 0 Å². The first kappa shape index (κ1) is 14.4. The van der Waals surface area contributed by atoms with Crippen LogP contribution in [0.15, 0.2) is 84.9 Å². The second kappa shape index (κ2) is 6.92. The van der Waals surface area contributed by atoms with Gasteiger partial charge >= 0.3 is 0 Å². The summed E-state index contributed by atoms with van der Waals surface area (Å²) in [5.74, 6) is 0. The maximum atomic E-state index is 5.74. The third kappa shape index (κ3) is 3.54. The van der Waals surface area contributed by atoms with Gasteiger partial charge in [-0.05, 0) is 28.8 Å². The summed E-state index contributed by atoms with van der Waals surface area (Å²) in [4.78, 5) is 0. The highest BCUT2D eigenvalue weighted by molar-refractivity contribution is 5.39. The van der Waals surface area contributed by atoms with E-state index in [1.165, 1.54) is 16.7 Å². The molecule has 0 fully saturated rings. The minimum absolute atomic E-state index is 0.181. The zero-order chi connectivity index (χ0) is 15.2. The van der Waals surface area contributed by atoms with Gasteiger partial charge in [-0.1, -0.05) is 72.8 Å². The lowest BCUT2D eigenvalue weighted by Crippen LogP contribution is -2.22. The van der Waals surface area contributed by atoms with E-state index in [0.29, 0.717) is 0 Å². The molecule has 0 bridgehead atoms. The lowest BCUT2D eigenvalue weighted by Gasteiger charge is -2.20. The van der Waals surface area contributed by atoms with Gasteiger partial charge in [0.2, 0.25) is 0 Å². The van der Waals surface area contributed by atoms with Crippen LogP contribution < -0.4 is 11.1 Å². The normalized spacial score (nSPS) is 10.8. The molecule has 0 saturated heterocycles. The molecule has 0 atom stereocenters. The maximum Gasteiger partial charge on any atom is 0.0579 e. The molecule has 0 aliphatic rings. The van der Waals surface area contributed by atoms with Gasteiger partial charge in [0, 0.05) is 12.2 Å². The summed E-state index contributed by atoms with van der Waals surface area (Å²) in [6.45, 7) is 0.800. The predicted octanol–water partition coefficient (Wildman–Crippen LogP) is 4.15. The monoisotopic (exact) mass is 288 g/mol. The zero-order valence-corrected chi connectivity index (χ0v) is 12.4. The first-order valence-corrected chi connectivity index (χ1v) is 7.50. The van der Waals surface area contributed by atoms with Crippen molar-refractivity contribution in [2.45, 2.75) is 12.6 Å². The van der Waals surface area contributed by atoms with Crippen LogP contribution in [-0.2, 0) is 6.54 Å². The van der Waals surface area contributed by atoms with Gasteiger partial charge in [0.05, 0.1) is 6.04 Å². The van der Waals surface area contributed by atoms with E-state index in [0.717, 1.165) is 12.2 Å². The van der Waals surface area contributed by atoms with Gasteiger partial charge in [-0.3, -0.25) is 0 Å². The van der Waals surface area contributed by atoms with Crippen molar-refractivity contribution in [2.75, 3.05) is 5.73 Å². The molecule has 3 rings (SSSR count). The van der Waals surface area contributed by atoms with E-state index in [9.17, 15) is 0 Å². The standard InChI is InChI=1S/C20H20N2/c21-19-13-11-16(12-14-19)15-22-20(17-7-3-1-4-8-17)18-9-5-2-6-10-18/h1-14,20,22H,15,21H2. The molecule has 0 amide bonds. The van der Waals surface area contributed by atoms with E-state index in [-0.39, 0.29) is 6.04 Å². The van der Waals surface area contributed by atoms with E-state index in [1.807, 2.05) is 24.3 Å². The Labute approximate surface area is 131 Å². The molecular formula is C20H20N2. The van der Waals surface area contributed by atoms with Crippen LogP contribution in [0.2, 0.25) is 0 Å². The lowest BCUT2D eigenvalue weighted by molar-refractivity contribution is 0.605. The van der Waals surface area contributed by atoms with E-state index in [2.05, 4.69) is 66.0 Å². The number of anilines is 1. The third-order valence-electron chi connectivity index (χ3n) is 3.76. The van der Waals surface area contributed by atoms with E-state index >= 15 is 0 Å². The zero-order valence-electron chi connectivity index (χ0n) is 12.4. The van der Waals surface area contributed by atoms with Crippen LogP contribution in [0.3, 0.4) is 0 Å². The minimum atomic E-state index is 0.181. The van der Waals surface area contributed by atoms with Gasteiger partial charge in [-0.15, -0.1) is 0 Å².